The minimum absolute atomic E-state index is 0.157. The van der Waals surface area contributed by atoms with Gasteiger partial charge in [-0.2, -0.15) is 5.26 Å². The molecule has 2 rings (SSSR count). The number of aromatic nitrogens is 2. The molecule has 0 radical (unpaired) electrons. The van der Waals surface area contributed by atoms with E-state index >= 15 is 0 Å². The fourth-order valence-electron chi connectivity index (χ4n) is 1.56. The van der Waals surface area contributed by atoms with Crippen LogP contribution in [0.25, 0.3) is 0 Å². The van der Waals surface area contributed by atoms with Crippen molar-refractivity contribution in [2.75, 3.05) is 11.1 Å². The van der Waals surface area contributed by atoms with Crippen LogP contribution >= 0.6 is 46.5 Å². The first-order chi connectivity index (χ1) is 11.0. The largest absolute Gasteiger partial charge is 0.325 e. The summed E-state index contributed by atoms with van der Waals surface area (Å²) in [5.74, 6) is 0.782. The van der Waals surface area contributed by atoms with Gasteiger partial charge in [0.1, 0.15) is 6.07 Å². The Kier molecular flexibility index (Phi) is 6.72. The second-order valence-electron chi connectivity index (χ2n) is 4.32. The first-order valence-electron chi connectivity index (χ1n) is 6.67. The maximum Gasteiger partial charge on any atom is 0.237 e. The van der Waals surface area contributed by atoms with Crippen LogP contribution in [0.15, 0.2) is 26.9 Å². The van der Waals surface area contributed by atoms with Crippen molar-refractivity contribution in [1.82, 2.24) is 10.2 Å². The molecule has 0 saturated carbocycles. The van der Waals surface area contributed by atoms with Crippen molar-refractivity contribution in [2.24, 2.45) is 0 Å². The lowest BCUT2D eigenvalue weighted by atomic mass is 10.2. The van der Waals surface area contributed by atoms with Gasteiger partial charge < -0.3 is 5.32 Å². The van der Waals surface area contributed by atoms with Gasteiger partial charge in [-0.3, -0.25) is 4.79 Å². The average molecular weight is 385 g/mol. The van der Waals surface area contributed by atoms with Gasteiger partial charge in [0.25, 0.3) is 0 Å². The van der Waals surface area contributed by atoms with Crippen molar-refractivity contribution in [3.63, 3.8) is 0 Å². The fourth-order valence-corrected chi connectivity index (χ4v) is 4.84. The number of anilines is 1. The molecule has 1 N–H and O–H groups in total. The number of rotatable bonds is 6. The van der Waals surface area contributed by atoms with Crippen LogP contribution in [0.4, 0.5) is 5.69 Å². The van der Waals surface area contributed by atoms with Gasteiger partial charge in [0.2, 0.25) is 5.91 Å². The Hall–Kier alpha value is -1.27. The molecule has 1 aromatic heterocycles. The summed E-state index contributed by atoms with van der Waals surface area (Å²) in [6.45, 7) is 3.86. The number of carbonyl (C=O) groups excluding carboxylic acids is 1. The zero-order valence-corrected chi connectivity index (χ0v) is 15.6. The highest BCUT2D eigenvalue weighted by Gasteiger charge is 2.17. The predicted molar refractivity (Wildman–Crippen MR) is 96.4 cm³/mol. The van der Waals surface area contributed by atoms with Crippen molar-refractivity contribution in [2.45, 2.75) is 27.8 Å². The number of nitrogens with one attached hydrogen (secondary N) is 1. The van der Waals surface area contributed by atoms with Gasteiger partial charge >= 0.3 is 0 Å². The lowest BCUT2D eigenvalue weighted by Crippen LogP contribution is -2.22. The third-order valence-corrected chi connectivity index (χ3v) is 6.10. The van der Waals surface area contributed by atoms with Crippen molar-refractivity contribution < 1.29 is 4.79 Å². The second kappa shape index (κ2) is 8.55. The normalized spacial score (nSPS) is 11.7. The van der Waals surface area contributed by atoms with E-state index in [-0.39, 0.29) is 11.2 Å². The van der Waals surface area contributed by atoms with Crippen LogP contribution in [-0.4, -0.2) is 27.1 Å². The summed E-state index contributed by atoms with van der Waals surface area (Å²) in [7, 11) is 0. The molecule has 0 aliphatic carbocycles. The summed E-state index contributed by atoms with van der Waals surface area (Å²) in [5.41, 5.74) is 0.938. The van der Waals surface area contributed by atoms with E-state index in [1.165, 1.54) is 23.1 Å². The monoisotopic (exact) mass is 384 g/mol. The van der Waals surface area contributed by atoms with Gasteiger partial charge in [0.05, 0.1) is 15.8 Å². The molecule has 2 aromatic rings. The van der Waals surface area contributed by atoms with Crippen LogP contribution in [0, 0.1) is 11.3 Å². The molecule has 120 valence electrons. The van der Waals surface area contributed by atoms with E-state index in [9.17, 15) is 4.79 Å². The summed E-state index contributed by atoms with van der Waals surface area (Å²) in [6, 6.07) is 6.78. The zero-order valence-electron chi connectivity index (χ0n) is 12.4. The van der Waals surface area contributed by atoms with E-state index in [4.69, 9.17) is 16.9 Å². The standard InChI is InChI=1S/C14H13ClN4OS3/c1-3-21-13-18-19-14(23-13)22-8(2)12(20)17-10-5-4-9(7-16)11(15)6-10/h4-6,8H,3H2,1-2H3,(H,17,20)/t8-/m1/s1. The molecular weight excluding hydrogens is 372 g/mol. The van der Waals surface area contributed by atoms with Crippen LogP contribution < -0.4 is 5.32 Å². The molecule has 0 aliphatic rings. The molecule has 0 bridgehead atoms. The zero-order chi connectivity index (χ0) is 16.8. The van der Waals surface area contributed by atoms with Gasteiger partial charge in [-0.15, -0.1) is 10.2 Å². The third kappa shape index (κ3) is 5.11. The first-order valence-corrected chi connectivity index (χ1v) is 9.73. The first kappa shape index (κ1) is 18.1. The smallest absolute Gasteiger partial charge is 0.237 e. The molecule has 0 saturated heterocycles. The SMILES string of the molecule is CCSc1nnc(S[C@H](C)C(=O)Nc2ccc(C#N)c(Cl)c2)s1. The minimum atomic E-state index is -0.322. The number of halogens is 1. The lowest BCUT2D eigenvalue weighted by Gasteiger charge is -2.10. The van der Waals surface area contributed by atoms with Gasteiger partial charge in [-0.1, -0.05) is 53.4 Å². The molecule has 9 heteroatoms. The molecule has 0 unspecified atom stereocenters. The van der Waals surface area contributed by atoms with E-state index in [2.05, 4.69) is 22.4 Å². The summed E-state index contributed by atoms with van der Waals surface area (Å²) in [4.78, 5) is 12.2. The topological polar surface area (TPSA) is 78.7 Å². The molecule has 1 atom stereocenters. The van der Waals surface area contributed by atoms with Crippen LogP contribution in [-0.2, 0) is 4.79 Å². The van der Waals surface area contributed by atoms with Crippen molar-refractivity contribution in [1.29, 1.82) is 5.26 Å². The Labute approximate surface area is 151 Å². The Morgan fingerprint density at radius 2 is 2.22 bits per heavy atom. The molecule has 5 nitrogen and oxygen atoms in total. The van der Waals surface area contributed by atoms with Crippen LogP contribution in [0.3, 0.4) is 0 Å². The molecule has 1 aromatic carbocycles. The van der Waals surface area contributed by atoms with Crippen molar-refractivity contribution in [3.05, 3.63) is 28.8 Å². The Bertz CT molecular complexity index is 744. The summed E-state index contributed by atoms with van der Waals surface area (Å²) < 4.78 is 1.67. The number of nitrogens with zero attached hydrogens (tertiary/aromatic N) is 3. The molecule has 1 heterocycles. The van der Waals surface area contributed by atoms with Gasteiger partial charge in [-0.25, -0.2) is 0 Å². The number of thioether (sulfide) groups is 2. The highest BCUT2D eigenvalue weighted by molar-refractivity contribution is 8.03. The highest BCUT2D eigenvalue weighted by Crippen LogP contribution is 2.31. The Morgan fingerprint density at radius 3 is 2.87 bits per heavy atom. The van der Waals surface area contributed by atoms with E-state index in [0.717, 1.165) is 14.4 Å². The van der Waals surface area contributed by atoms with Gasteiger partial charge in [0, 0.05) is 5.69 Å². The third-order valence-electron chi connectivity index (χ3n) is 2.66. The molecular formula is C14H13ClN4OS3. The van der Waals surface area contributed by atoms with E-state index < -0.39 is 0 Å². The van der Waals surface area contributed by atoms with E-state index in [1.54, 1.807) is 36.9 Å². The fraction of sp³-hybridized carbons (Fsp3) is 0.286. The number of hydrogen-bond donors (Lipinski definition) is 1. The predicted octanol–water partition coefficient (Wildman–Crippen LogP) is 4.29. The lowest BCUT2D eigenvalue weighted by molar-refractivity contribution is -0.115. The number of carbonyl (C=O) groups is 1. The number of hydrogen-bond acceptors (Lipinski definition) is 7. The Balaban J connectivity index is 1.96. The highest BCUT2D eigenvalue weighted by atomic mass is 35.5. The molecule has 0 aliphatic heterocycles. The Morgan fingerprint density at radius 1 is 1.48 bits per heavy atom. The summed E-state index contributed by atoms with van der Waals surface area (Å²) >= 11 is 10.4. The van der Waals surface area contributed by atoms with E-state index in [0.29, 0.717) is 16.3 Å². The average Bonchev–Trinajstić information content (AvgIpc) is 2.95. The molecule has 23 heavy (non-hydrogen) atoms. The van der Waals surface area contributed by atoms with E-state index in [1.807, 2.05) is 6.07 Å². The van der Waals surface area contributed by atoms with Gasteiger partial charge in [-0.05, 0) is 30.9 Å². The number of benzene rings is 1. The van der Waals surface area contributed by atoms with Crippen LogP contribution in [0.1, 0.15) is 19.4 Å². The van der Waals surface area contributed by atoms with Crippen LogP contribution in [0.2, 0.25) is 5.02 Å². The molecule has 0 spiro atoms. The van der Waals surface area contributed by atoms with Crippen molar-refractivity contribution in [3.8, 4) is 6.07 Å². The summed E-state index contributed by atoms with van der Waals surface area (Å²) in [6.07, 6.45) is 0. The van der Waals surface area contributed by atoms with Crippen LogP contribution in [0.5, 0.6) is 0 Å². The minimum Gasteiger partial charge on any atom is -0.325 e. The summed E-state index contributed by atoms with van der Waals surface area (Å²) in [5, 5.41) is 19.8. The van der Waals surface area contributed by atoms with Gasteiger partial charge in [0.15, 0.2) is 8.68 Å². The maximum atomic E-state index is 12.2. The number of amides is 1. The number of nitriles is 1. The quantitative estimate of drug-likeness (QED) is 0.748. The molecule has 0 fully saturated rings. The maximum absolute atomic E-state index is 12.2. The van der Waals surface area contributed by atoms with Crippen molar-refractivity contribution >= 4 is 58.1 Å². The second-order valence-corrected chi connectivity index (χ2v) is 8.81. The molecule has 1 amide bonds.